The maximum absolute atomic E-state index is 5.38. The summed E-state index contributed by atoms with van der Waals surface area (Å²) in [7, 11) is 0. The van der Waals surface area contributed by atoms with Gasteiger partial charge in [-0.1, -0.05) is 51.6 Å². The Kier molecular flexibility index (Phi) is 6.59. The first-order chi connectivity index (χ1) is 9.31. The minimum atomic E-state index is 0.430. The Balaban J connectivity index is 2.51. The van der Waals surface area contributed by atoms with Crippen LogP contribution >= 0.6 is 24.4 Å². The maximum Gasteiger partial charge on any atom is 0.0834 e. The van der Waals surface area contributed by atoms with Gasteiger partial charge in [0.1, 0.15) is 0 Å². The Morgan fingerprint density at radius 2 is 1.60 bits per heavy atom. The molecular formula is C16H28N2S2. The Labute approximate surface area is 134 Å². The number of hydrogen-bond acceptors (Lipinski definition) is 4. The van der Waals surface area contributed by atoms with Crippen molar-refractivity contribution in [1.82, 2.24) is 0 Å². The molecule has 4 heteroatoms. The fourth-order valence-electron chi connectivity index (χ4n) is 2.38. The second kappa shape index (κ2) is 7.51. The topological polar surface area (TPSA) is 15.3 Å². The lowest BCUT2D eigenvalue weighted by atomic mass is 9.90. The molecule has 0 bridgehead atoms. The first-order valence-electron chi connectivity index (χ1n) is 7.64. The highest BCUT2D eigenvalue weighted by atomic mass is 32.1. The molecule has 0 aliphatic heterocycles. The zero-order valence-corrected chi connectivity index (χ0v) is 15.1. The third-order valence-electron chi connectivity index (χ3n) is 3.62. The van der Waals surface area contributed by atoms with Crippen molar-refractivity contribution in [3.05, 3.63) is 9.02 Å². The van der Waals surface area contributed by atoms with Crippen molar-refractivity contribution < 1.29 is 0 Å². The summed E-state index contributed by atoms with van der Waals surface area (Å²) in [6.07, 6.45) is 3.70. The largest absolute Gasteiger partial charge is 0.382 e. The highest BCUT2D eigenvalue weighted by Crippen LogP contribution is 2.35. The summed E-state index contributed by atoms with van der Waals surface area (Å²) in [5.74, 6) is 0. The molecule has 0 atom stereocenters. The van der Waals surface area contributed by atoms with Gasteiger partial charge in [0.15, 0.2) is 0 Å². The van der Waals surface area contributed by atoms with E-state index >= 15 is 0 Å². The molecule has 0 saturated carbocycles. The zero-order valence-electron chi connectivity index (χ0n) is 13.5. The van der Waals surface area contributed by atoms with Crippen LogP contribution in [0.1, 0.15) is 53.9 Å². The minimum absolute atomic E-state index is 0.430. The van der Waals surface area contributed by atoms with Gasteiger partial charge in [0.05, 0.1) is 20.4 Å². The van der Waals surface area contributed by atoms with Crippen LogP contribution in [0.3, 0.4) is 0 Å². The van der Waals surface area contributed by atoms with Crippen molar-refractivity contribution in [1.29, 1.82) is 0 Å². The van der Waals surface area contributed by atoms with Crippen LogP contribution in [0, 0.1) is 14.4 Å². The Morgan fingerprint density at radius 1 is 1.00 bits per heavy atom. The summed E-state index contributed by atoms with van der Waals surface area (Å²) in [4.78, 5) is 2.29. The predicted octanol–water partition coefficient (Wildman–Crippen LogP) is 5.50. The highest BCUT2D eigenvalue weighted by Gasteiger charge is 2.18. The minimum Gasteiger partial charge on any atom is -0.382 e. The quantitative estimate of drug-likeness (QED) is 0.503. The lowest BCUT2D eigenvalue weighted by molar-refractivity contribution is 0.362. The van der Waals surface area contributed by atoms with Gasteiger partial charge in [-0.3, -0.25) is 0 Å². The Bertz CT molecular complexity index is 489. The van der Waals surface area contributed by atoms with E-state index < -0.39 is 0 Å². The average Bonchev–Trinajstić information content (AvgIpc) is 2.39. The van der Waals surface area contributed by atoms with E-state index in [1.54, 1.807) is 0 Å². The van der Waals surface area contributed by atoms with Crippen molar-refractivity contribution >= 4 is 35.8 Å². The number of rotatable bonds is 8. The average molecular weight is 313 g/mol. The van der Waals surface area contributed by atoms with Crippen molar-refractivity contribution in [2.24, 2.45) is 5.41 Å². The van der Waals surface area contributed by atoms with Crippen LogP contribution in [-0.2, 0) is 0 Å². The molecule has 114 valence electrons. The van der Waals surface area contributed by atoms with Crippen LogP contribution in [0.4, 0.5) is 11.4 Å². The molecule has 0 saturated heterocycles. The molecule has 0 radical (unpaired) electrons. The molecule has 1 N–H and O–H groups in total. The molecule has 1 aromatic carbocycles. The summed E-state index contributed by atoms with van der Waals surface area (Å²) in [5.41, 5.74) is 2.69. The Morgan fingerprint density at radius 3 is 2.10 bits per heavy atom. The van der Waals surface area contributed by atoms with Crippen LogP contribution in [0.15, 0.2) is 0 Å². The van der Waals surface area contributed by atoms with E-state index in [4.69, 9.17) is 24.4 Å². The first-order valence-corrected chi connectivity index (χ1v) is 8.45. The van der Waals surface area contributed by atoms with E-state index in [1.165, 1.54) is 19.3 Å². The van der Waals surface area contributed by atoms with Gasteiger partial charge in [-0.25, -0.2) is 0 Å². The molecule has 1 rings (SSSR count). The second-order valence-corrected chi connectivity index (χ2v) is 7.32. The lowest BCUT2D eigenvalue weighted by Gasteiger charge is -2.27. The molecule has 0 fully saturated rings. The van der Waals surface area contributed by atoms with Gasteiger partial charge in [-0.05, 0) is 32.1 Å². The SMILES string of the molecule is CCN(CC)c1c(NCCCCC(C)(C)C)c(=S)c1=S. The van der Waals surface area contributed by atoms with Crippen LogP contribution in [0.5, 0.6) is 0 Å². The first kappa shape index (κ1) is 17.6. The molecule has 0 heterocycles. The molecule has 0 aliphatic rings. The van der Waals surface area contributed by atoms with E-state index in [0.29, 0.717) is 5.41 Å². The van der Waals surface area contributed by atoms with E-state index in [1.807, 2.05) is 0 Å². The molecule has 20 heavy (non-hydrogen) atoms. The molecule has 2 nitrogen and oxygen atoms in total. The van der Waals surface area contributed by atoms with Crippen molar-refractivity contribution in [3.8, 4) is 0 Å². The summed E-state index contributed by atoms with van der Waals surface area (Å²) >= 11 is 10.8. The standard InChI is InChI=1S/C16H28N2S2/c1-6-18(7-2)13-12(14(19)15(13)20)17-11-9-8-10-16(3,4)5/h17H,6-11H2,1-5H3. The van der Waals surface area contributed by atoms with Crippen LogP contribution in [-0.4, -0.2) is 19.6 Å². The van der Waals surface area contributed by atoms with Gasteiger partial charge in [-0.2, -0.15) is 0 Å². The van der Waals surface area contributed by atoms with Gasteiger partial charge in [0, 0.05) is 19.6 Å². The zero-order chi connectivity index (χ0) is 15.3. The van der Waals surface area contributed by atoms with Crippen LogP contribution in [0.25, 0.3) is 0 Å². The molecule has 0 aromatic heterocycles. The van der Waals surface area contributed by atoms with E-state index in [-0.39, 0.29) is 0 Å². The molecule has 0 aliphatic carbocycles. The fourth-order valence-corrected chi connectivity index (χ4v) is 2.98. The smallest absolute Gasteiger partial charge is 0.0834 e. The Hall–Kier alpha value is -0.480. The van der Waals surface area contributed by atoms with Gasteiger partial charge in [0.2, 0.25) is 0 Å². The summed E-state index contributed by atoms with van der Waals surface area (Å²) in [6.45, 7) is 14.1. The molecule has 1 aromatic rings. The molecule has 0 spiro atoms. The fraction of sp³-hybridized carbons (Fsp3) is 0.750. The van der Waals surface area contributed by atoms with Gasteiger partial charge in [0.25, 0.3) is 0 Å². The number of nitrogens with zero attached hydrogens (tertiary/aromatic N) is 1. The van der Waals surface area contributed by atoms with Crippen molar-refractivity contribution in [3.63, 3.8) is 0 Å². The summed E-state index contributed by atoms with van der Waals surface area (Å²) in [6, 6.07) is 0. The second-order valence-electron chi connectivity index (χ2n) is 6.50. The highest BCUT2D eigenvalue weighted by molar-refractivity contribution is 7.74. The van der Waals surface area contributed by atoms with E-state index in [9.17, 15) is 0 Å². The summed E-state index contributed by atoms with van der Waals surface area (Å²) in [5, 5.41) is 3.49. The van der Waals surface area contributed by atoms with Crippen molar-refractivity contribution in [2.45, 2.75) is 53.9 Å². The van der Waals surface area contributed by atoms with Gasteiger partial charge in [-0.15, -0.1) is 0 Å². The summed E-state index contributed by atoms with van der Waals surface area (Å²) < 4.78 is 1.71. The third-order valence-corrected chi connectivity index (χ3v) is 4.56. The van der Waals surface area contributed by atoms with Crippen LogP contribution < -0.4 is 10.2 Å². The predicted molar refractivity (Wildman–Crippen MR) is 95.8 cm³/mol. The maximum atomic E-state index is 5.38. The van der Waals surface area contributed by atoms with Gasteiger partial charge >= 0.3 is 0 Å². The lowest BCUT2D eigenvalue weighted by Crippen LogP contribution is -2.25. The monoisotopic (exact) mass is 312 g/mol. The van der Waals surface area contributed by atoms with E-state index in [2.05, 4.69) is 44.8 Å². The molecule has 0 unspecified atom stereocenters. The van der Waals surface area contributed by atoms with Crippen molar-refractivity contribution in [2.75, 3.05) is 29.9 Å². The van der Waals surface area contributed by atoms with Crippen LogP contribution in [0.2, 0.25) is 0 Å². The number of nitrogens with one attached hydrogen (secondary N) is 1. The molecule has 0 amide bonds. The molecular weight excluding hydrogens is 284 g/mol. The van der Waals surface area contributed by atoms with E-state index in [0.717, 1.165) is 40.0 Å². The third kappa shape index (κ3) is 4.52. The van der Waals surface area contributed by atoms with Gasteiger partial charge < -0.3 is 10.2 Å². The number of unbranched alkanes of at least 4 members (excludes halogenated alkanes) is 1. The normalized spacial score (nSPS) is 11.8. The number of anilines is 2. The number of hydrogen-bond donors (Lipinski definition) is 1.